The van der Waals surface area contributed by atoms with Crippen LogP contribution in [0.1, 0.15) is 16.8 Å². The Hall–Kier alpha value is -2.06. The molecule has 0 atom stereocenters. The van der Waals surface area contributed by atoms with Gasteiger partial charge in [0.2, 0.25) is 0 Å². The highest BCUT2D eigenvalue weighted by molar-refractivity contribution is 7.98. The van der Waals surface area contributed by atoms with Gasteiger partial charge in [0.25, 0.3) is 0 Å². The Morgan fingerprint density at radius 3 is 2.52 bits per heavy atom. The molecule has 0 radical (unpaired) electrons. The first-order chi connectivity index (χ1) is 12.1. The first-order valence-electron chi connectivity index (χ1n) is 7.49. The van der Waals surface area contributed by atoms with Gasteiger partial charge in [0.05, 0.1) is 5.69 Å². The van der Waals surface area contributed by atoms with Crippen LogP contribution in [0.25, 0.3) is 11.4 Å². The minimum Gasteiger partial charge on any atom is -0.232 e. The van der Waals surface area contributed by atoms with Crippen molar-refractivity contribution in [2.75, 3.05) is 0 Å². The zero-order valence-electron chi connectivity index (χ0n) is 13.3. The summed E-state index contributed by atoms with van der Waals surface area (Å²) >= 11 is 13.6. The Morgan fingerprint density at radius 1 is 1.08 bits per heavy atom. The molecule has 1 aromatic heterocycles. The van der Waals surface area contributed by atoms with Crippen LogP contribution in [0.3, 0.4) is 0 Å². The van der Waals surface area contributed by atoms with E-state index in [1.807, 2.05) is 43.3 Å². The molecule has 0 unspecified atom stereocenters. The van der Waals surface area contributed by atoms with E-state index in [-0.39, 0.29) is 0 Å². The Bertz CT molecular complexity index is 953. The van der Waals surface area contributed by atoms with Crippen LogP contribution < -0.4 is 0 Å². The number of aryl methyl sites for hydroxylation is 1. The highest BCUT2D eigenvalue weighted by Crippen LogP contribution is 2.31. The summed E-state index contributed by atoms with van der Waals surface area (Å²) in [5.41, 5.74) is 3.02. The van der Waals surface area contributed by atoms with E-state index in [1.54, 1.807) is 12.1 Å². The molecule has 0 bridgehead atoms. The molecule has 0 aliphatic carbocycles. The van der Waals surface area contributed by atoms with Gasteiger partial charge < -0.3 is 0 Å². The number of hydrogen-bond donors (Lipinski definition) is 0. The van der Waals surface area contributed by atoms with Crippen LogP contribution in [0, 0.1) is 18.3 Å². The quantitative estimate of drug-likeness (QED) is 0.412. The minimum absolute atomic E-state index is 0.495. The van der Waals surface area contributed by atoms with E-state index in [0.29, 0.717) is 37.9 Å². The average molecular weight is 386 g/mol. The maximum atomic E-state index is 9.46. The number of aromatic nitrogens is 2. The smallest absolute Gasteiger partial charge is 0.160 e. The molecule has 0 saturated heterocycles. The molecule has 0 amide bonds. The average Bonchev–Trinajstić information content (AvgIpc) is 2.61. The number of nitrogens with zero attached hydrogens (tertiary/aromatic N) is 3. The molecule has 0 fully saturated rings. The van der Waals surface area contributed by atoms with Gasteiger partial charge in [0, 0.05) is 21.4 Å². The fourth-order valence-electron chi connectivity index (χ4n) is 2.28. The number of thioether (sulfide) groups is 1. The van der Waals surface area contributed by atoms with Crippen molar-refractivity contribution in [2.45, 2.75) is 17.7 Å². The van der Waals surface area contributed by atoms with Gasteiger partial charge in [-0.2, -0.15) is 5.26 Å². The van der Waals surface area contributed by atoms with Crippen LogP contribution in [0.5, 0.6) is 0 Å². The molecule has 124 valence electrons. The molecule has 1 heterocycles. The van der Waals surface area contributed by atoms with E-state index in [9.17, 15) is 5.26 Å². The summed E-state index contributed by atoms with van der Waals surface area (Å²) in [5.74, 6) is 1.21. The number of hydrogen-bond acceptors (Lipinski definition) is 4. The fraction of sp³-hybridized carbons (Fsp3) is 0.105. The van der Waals surface area contributed by atoms with Gasteiger partial charge in [-0.15, -0.1) is 11.8 Å². The van der Waals surface area contributed by atoms with Gasteiger partial charge in [0.15, 0.2) is 5.82 Å². The Kier molecular flexibility index (Phi) is 5.60. The highest BCUT2D eigenvalue weighted by atomic mass is 35.5. The molecule has 2 aromatic carbocycles. The molecule has 0 aliphatic rings. The lowest BCUT2D eigenvalue weighted by Crippen LogP contribution is -1.99. The Morgan fingerprint density at radius 2 is 1.84 bits per heavy atom. The third kappa shape index (κ3) is 4.13. The van der Waals surface area contributed by atoms with Crippen molar-refractivity contribution in [3.63, 3.8) is 0 Å². The van der Waals surface area contributed by atoms with Crippen molar-refractivity contribution >= 4 is 35.0 Å². The second kappa shape index (κ2) is 7.88. The Labute approximate surface area is 160 Å². The molecule has 3 rings (SSSR count). The Balaban J connectivity index is 1.94. The summed E-state index contributed by atoms with van der Waals surface area (Å²) in [6.07, 6.45) is 0. The van der Waals surface area contributed by atoms with Gasteiger partial charge in [-0.25, -0.2) is 9.97 Å². The van der Waals surface area contributed by atoms with Gasteiger partial charge in [-0.3, -0.25) is 0 Å². The zero-order chi connectivity index (χ0) is 17.8. The number of halogens is 2. The molecule has 0 saturated carbocycles. The van der Waals surface area contributed by atoms with Gasteiger partial charge in [-0.1, -0.05) is 59.6 Å². The van der Waals surface area contributed by atoms with Crippen LogP contribution in [-0.4, -0.2) is 9.97 Å². The number of nitriles is 1. The standard InChI is InChI=1S/C19H13Cl2N3S/c1-12-16(10-22)19(24-18(23-12)13-5-3-2-4-6-13)25-11-14-7-8-15(20)9-17(14)21/h2-9H,11H2,1H3. The molecule has 3 aromatic rings. The SMILES string of the molecule is Cc1nc(-c2ccccc2)nc(SCc2ccc(Cl)cc2Cl)c1C#N. The summed E-state index contributed by atoms with van der Waals surface area (Å²) < 4.78 is 0. The molecular weight excluding hydrogens is 373 g/mol. The maximum absolute atomic E-state index is 9.46. The van der Waals surface area contributed by atoms with E-state index in [0.717, 1.165) is 11.1 Å². The zero-order valence-corrected chi connectivity index (χ0v) is 15.7. The lowest BCUT2D eigenvalue weighted by atomic mass is 10.2. The van der Waals surface area contributed by atoms with Crippen LogP contribution in [0.15, 0.2) is 53.6 Å². The van der Waals surface area contributed by atoms with Crippen molar-refractivity contribution in [3.05, 3.63) is 75.4 Å². The summed E-state index contributed by atoms with van der Waals surface area (Å²) in [6, 6.07) is 17.3. The summed E-state index contributed by atoms with van der Waals surface area (Å²) in [6.45, 7) is 1.83. The van der Waals surface area contributed by atoms with Crippen molar-refractivity contribution in [2.24, 2.45) is 0 Å². The second-order valence-electron chi connectivity index (χ2n) is 5.32. The molecule has 3 nitrogen and oxygen atoms in total. The molecule has 0 N–H and O–H groups in total. The third-order valence-corrected chi connectivity index (χ3v) is 5.19. The van der Waals surface area contributed by atoms with E-state index < -0.39 is 0 Å². The van der Waals surface area contributed by atoms with Crippen LogP contribution in [0.2, 0.25) is 10.0 Å². The fourth-order valence-corrected chi connectivity index (χ4v) is 3.87. The largest absolute Gasteiger partial charge is 0.232 e. The predicted molar refractivity (Wildman–Crippen MR) is 103 cm³/mol. The van der Waals surface area contributed by atoms with Crippen molar-refractivity contribution < 1.29 is 0 Å². The van der Waals surface area contributed by atoms with E-state index in [1.165, 1.54) is 11.8 Å². The van der Waals surface area contributed by atoms with E-state index in [4.69, 9.17) is 23.2 Å². The first-order valence-corrected chi connectivity index (χ1v) is 9.23. The lowest BCUT2D eigenvalue weighted by molar-refractivity contribution is 0.998. The normalized spacial score (nSPS) is 10.5. The number of rotatable bonds is 4. The second-order valence-corrected chi connectivity index (χ2v) is 7.12. The third-order valence-electron chi connectivity index (χ3n) is 3.58. The first kappa shape index (κ1) is 17.8. The van der Waals surface area contributed by atoms with Crippen LogP contribution in [0.4, 0.5) is 0 Å². The summed E-state index contributed by atoms with van der Waals surface area (Å²) in [7, 11) is 0. The lowest BCUT2D eigenvalue weighted by Gasteiger charge is -2.09. The van der Waals surface area contributed by atoms with Gasteiger partial charge >= 0.3 is 0 Å². The topological polar surface area (TPSA) is 49.6 Å². The molecule has 6 heteroatoms. The van der Waals surface area contributed by atoms with Gasteiger partial charge in [0.1, 0.15) is 16.7 Å². The van der Waals surface area contributed by atoms with Crippen LogP contribution in [-0.2, 0) is 5.75 Å². The van der Waals surface area contributed by atoms with Crippen molar-refractivity contribution in [3.8, 4) is 17.5 Å². The summed E-state index contributed by atoms with van der Waals surface area (Å²) in [5, 5.41) is 11.3. The molecule has 25 heavy (non-hydrogen) atoms. The molecule has 0 aliphatic heterocycles. The van der Waals surface area contributed by atoms with Gasteiger partial charge in [-0.05, 0) is 24.6 Å². The molecule has 0 spiro atoms. The number of benzene rings is 2. The molecular formula is C19H13Cl2N3S. The monoisotopic (exact) mass is 385 g/mol. The van der Waals surface area contributed by atoms with E-state index >= 15 is 0 Å². The maximum Gasteiger partial charge on any atom is 0.160 e. The van der Waals surface area contributed by atoms with E-state index in [2.05, 4.69) is 16.0 Å². The van der Waals surface area contributed by atoms with Crippen LogP contribution >= 0.6 is 35.0 Å². The minimum atomic E-state index is 0.495. The highest BCUT2D eigenvalue weighted by Gasteiger charge is 2.14. The predicted octanol–water partition coefficient (Wildman–Crippen LogP) is 5.92. The van der Waals surface area contributed by atoms with Crippen molar-refractivity contribution in [1.82, 2.24) is 9.97 Å². The van der Waals surface area contributed by atoms with Crippen molar-refractivity contribution in [1.29, 1.82) is 5.26 Å². The summed E-state index contributed by atoms with van der Waals surface area (Å²) in [4.78, 5) is 9.07.